The number of nitrogens with zero attached hydrogens (tertiary/aromatic N) is 2. The van der Waals surface area contributed by atoms with E-state index in [1.807, 2.05) is 6.21 Å². The SMILES string of the molecule is CCCCCN=C1N=CCS1. The van der Waals surface area contributed by atoms with Crippen molar-refractivity contribution < 1.29 is 0 Å². The lowest BCUT2D eigenvalue weighted by molar-refractivity contribution is 0.729. The zero-order chi connectivity index (χ0) is 7.94. The lowest BCUT2D eigenvalue weighted by Gasteiger charge is -1.93. The largest absolute Gasteiger partial charge is 0.261 e. The van der Waals surface area contributed by atoms with E-state index in [0.717, 1.165) is 17.5 Å². The Morgan fingerprint density at radius 2 is 2.55 bits per heavy atom. The van der Waals surface area contributed by atoms with Crippen LogP contribution in [0.15, 0.2) is 9.98 Å². The number of rotatable bonds is 4. The summed E-state index contributed by atoms with van der Waals surface area (Å²) in [5.74, 6) is 1.01. The fourth-order valence-electron chi connectivity index (χ4n) is 0.887. The summed E-state index contributed by atoms with van der Waals surface area (Å²) in [5.41, 5.74) is 0. The summed E-state index contributed by atoms with van der Waals surface area (Å²) in [4.78, 5) is 8.46. The molecule has 1 aliphatic heterocycles. The molecular formula is C8H14N2S. The van der Waals surface area contributed by atoms with Crippen LogP contribution in [-0.4, -0.2) is 23.7 Å². The van der Waals surface area contributed by atoms with Crippen molar-refractivity contribution in [1.82, 2.24) is 0 Å². The van der Waals surface area contributed by atoms with Gasteiger partial charge in [0.1, 0.15) is 0 Å². The highest BCUT2D eigenvalue weighted by atomic mass is 32.2. The Kier molecular flexibility index (Phi) is 4.28. The van der Waals surface area contributed by atoms with E-state index in [4.69, 9.17) is 0 Å². The maximum atomic E-state index is 4.34. The molecule has 0 aliphatic carbocycles. The van der Waals surface area contributed by atoms with Crippen molar-refractivity contribution in [3.05, 3.63) is 0 Å². The predicted octanol–water partition coefficient (Wildman–Crippen LogP) is 2.35. The molecule has 0 radical (unpaired) electrons. The van der Waals surface area contributed by atoms with Crippen LogP contribution in [0.5, 0.6) is 0 Å². The van der Waals surface area contributed by atoms with Crippen molar-refractivity contribution in [2.45, 2.75) is 26.2 Å². The minimum atomic E-state index is 0.952. The molecule has 1 aliphatic rings. The van der Waals surface area contributed by atoms with Crippen LogP contribution in [0.4, 0.5) is 0 Å². The summed E-state index contributed by atoms with van der Waals surface area (Å²) in [6.45, 7) is 3.16. The highest BCUT2D eigenvalue weighted by Crippen LogP contribution is 2.10. The maximum Gasteiger partial charge on any atom is 0.182 e. The highest BCUT2D eigenvalue weighted by molar-refractivity contribution is 8.14. The molecule has 0 fully saturated rings. The monoisotopic (exact) mass is 170 g/mol. The van der Waals surface area contributed by atoms with Crippen molar-refractivity contribution in [2.24, 2.45) is 9.98 Å². The number of unbranched alkanes of at least 4 members (excludes halogenated alkanes) is 2. The third kappa shape index (κ3) is 3.56. The van der Waals surface area contributed by atoms with E-state index < -0.39 is 0 Å². The number of hydrogen-bond acceptors (Lipinski definition) is 2. The first kappa shape index (κ1) is 8.78. The van der Waals surface area contributed by atoms with E-state index in [0.29, 0.717) is 0 Å². The van der Waals surface area contributed by atoms with Crippen LogP contribution in [0.25, 0.3) is 0 Å². The minimum absolute atomic E-state index is 0.952. The summed E-state index contributed by atoms with van der Waals surface area (Å²) in [7, 11) is 0. The van der Waals surface area contributed by atoms with Crippen molar-refractivity contribution in [3.8, 4) is 0 Å². The third-order valence-corrected chi connectivity index (χ3v) is 2.31. The van der Waals surface area contributed by atoms with Gasteiger partial charge in [-0.2, -0.15) is 0 Å². The Bertz CT molecular complexity index is 163. The summed E-state index contributed by atoms with van der Waals surface area (Å²) in [6.07, 6.45) is 5.67. The molecule has 0 atom stereocenters. The van der Waals surface area contributed by atoms with Gasteiger partial charge in [-0.3, -0.25) is 4.99 Å². The first-order valence-corrected chi connectivity index (χ1v) is 5.12. The van der Waals surface area contributed by atoms with Gasteiger partial charge < -0.3 is 0 Å². The Labute approximate surface area is 72.2 Å². The Hall–Kier alpha value is -0.310. The zero-order valence-electron chi connectivity index (χ0n) is 6.92. The molecule has 0 unspecified atom stereocenters. The third-order valence-electron chi connectivity index (χ3n) is 1.50. The normalized spacial score (nSPS) is 19.9. The van der Waals surface area contributed by atoms with E-state index in [2.05, 4.69) is 16.9 Å². The van der Waals surface area contributed by atoms with Gasteiger partial charge in [-0.15, -0.1) is 0 Å². The lowest BCUT2D eigenvalue weighted by Crippen LogP contribution is -1.86. The van der Waals surface area contributed by atoms with Gasteiger partial charge in [0.05, 0.1) is 0 Å². The fraction of sp³-hybridized carbons (Fsp3) is 0.750. The van der Waals surface area contributed by atoms with Crippen LogP contribution >= 0.6 is 11.8 Å². The average molecular weight is 170 g/mol. The molecule has 62 valence electrons. The van der Waals surface area contributed by atoms with Crippen LogP contribution in [0.3, 0.4) is 0 Å². The molecule has 11 heavy (non-hydrogen) atoms. The van der Waals surface area contributed by atoms with Crippen LogP contribution in [0.2, 0.25) is 0 Å². The van der Waals surface area contributed by atoms with Crippen LogP contribution in [0, 0.1) is 0 Å². The van der Waals surface area contributed by atoms with Crippen molar-refractivity contribution in [1.29, 1.82) is 0 Å². The number of aliphatic imine (C=N–C) groups is 2. The smallest absolute Gasteiger partial charge is 0.182 e. The van der Waals surface area contributed by atoms with Gasteiger partial charge in [0.25, 0.3) is 0 Å². The van der Waals surface area contributed by atoms with E-state index in [9.17, 15) is 0 Å². The molecule has 0 saturated heterocycles. The summed E-state index contributed by atoms with van der Waals surface area (Å²) in [6, 6.07) is 0. The lowest BCUT2D eigenvalue weighted by atomic mass is 10.2. The number of thioether (sulfide) groups is 1. The molecule has 1 heterocycles. The van der Waals surface area contributed by atoms with E-state index in [-0.39, 0.29) is 0 Å². The van der Waals surface area contributed by atoms with E-state index in [1.165, 1.54) is 19.3 Å². The molecule has 2 nitrogen and oxygen atoms in total. The molecule has 0 aromatic rings. The molecular weight excluding hydrogens is 156 g/mol. The van der Waals surface area contributed by atoms with Gasteiger partial charge in [-0.1, -0.05) is 31.5 Å². The summed E-state index contributed by atoms with van der Waals surface area (Å²) >= 11 is 1.73. The molecule has 0 aromatic heterocycles. The standard InChI is InChI=1S/C8H14N2S/c1-2-3-4-5-9-8-10-6-7-11-8/h6H,2-5,7H2,1H3. The quantitative estimate of drug-likeness (QED) is 0.594. The van der Waals surface area contributed by atoms with Gasteiger partial charge in [-0.05, 0) is 6.42 Å². The summed E-state index contributed by atoms with van der Waals surface area (Å²) < 4.78 is 0. The molecule has 0 amide bonds. The molecule has 3 heteroatoms. The second kappa shape index (κ2) is 5.35. The molecule has 0 spiro atoms. The second-order valence-electron chi connectivity index (χ2n) is 2.49. The van der Waals surface area contributed by atoms with E-state index in [1.54, 1.807) is 11.8 Å². The highest BCUT2D eigenvalue weighted by Gasteiger charge is 2.00. The summed E-state index contributed by atoms with van der Waals surface area (Å²) in [5, 5.41) is 0.973. The van der Waals surface area contributed by atoms with Crippen molar-refractivity contribution >= 4 is 23.1 Å². The molecule has 0 saturated carbocycles. The molecule has 0 aromatic carbocycles. The van der Waals surface area contributed by atoms with Crippen LogP contribution < -0.4 is 0 Å². The Morgan fingerprint density at radius 3 is 3.18 bits per heavy atom. The van der Waals surface area contributed by atoms with Crippen molar-refractivity contribution in [2.75, 3.05) is 12.3 Å². The second-order valence-corrected chi connectivity index (χ2v) is 3.48. The Balaban J connectivity index is 2.09. The van der Waals surface area contributed by atoms with Gasteiger partial charge >= 0.3 is 0 Å². The predicted molar refractivity (Wildman–Crippen MR) is 52.8 cm³/mol. The van der Waals surface area contributed by atoms with Gasteiger partial charge in [0.15, 0.2) is 5.17 Å². The first-order chi connectivity index (χ1) is 5.43. The van der Waals surface area contributed by atoms with Crippen LogP contribution in [-0.2, 0) is 0 Å². The molecule has 1 rings (SSSR count). The van der Waals surface area contributed by atoms with Gasteiger partial charge in [-0.25, -0.2) is 4.99 Å². The first-order valence-electron chi connectivity index (χ1n) is 4.13. The van der Waals surface area contributed by atoms with Crippen molar-refractivity contribution in [3.63, 3.8) is 0 Å². The number of hydrogen-bond donors (Lipinski definition) is 0. The van der Waals surface area contributed by atoms with Crippen LogP contribution in [0.1, 0.15) is 26.2 Å². The molecule has 0 N–H and O–H groups in total. The average Bonchev–Trinajstić information content (AvgIpc) is 2.50. The van der Waals surface area contributed by atoms with Gasteiger partial charge in [0.2, 0.25) is 0 Å². The van der Waals surface area contributed by atoms with Gasteiger partial charge in [0, 0.05) is 18.5 Å². The Morgan fingerprint density at radius 1 is 1.64 bits per heavy atom. The molecule has 0 bridgehead atoms. The van der Waals surface area contributed by atoms with E-state index >= 15 is 0 Å². The minimum Gasteiger partial charge on any atom is -0.261 e. The number of amidine groups is 1. The zero-order valence-corrected chi connectivity index (χ0v) is 7.73. The maximum absolute atomic E-state index is 4.34. The topological polar surface area (TPSA) is 24.7 Å². The fourth-order valence-corrected chi connectivity index (χ4v) is 1.52.